The van der Waals surface area contributed by atoms with Crippen LogP contribution in [0.3, 0.4) is 0 Å². The zero-order valence-electron chi connectivity index (χ0n) is 82.8. The molecule has 8 atom stereocenters. The van der Waals surface area contributed by atoms with Crippen LogP contribution >= 0.6 is 0 Å². The molecule has 17 nitrogen and oxygen atoms in total. The van der Waals surface area contributed by atoms with Crippen molar-refractivity contribution in [3.05, 3.63) is 332 Å². The molecule has 14 rings (SSSR count). The molecule has 7 aromatic carbocycles. The number of esters is 1. The molecule has 3 saturated heterocycles. The molecule has 0 saturated carbocycles. The first-order valence-electron chi connectivity index (χ1n) is 48.5. The number of likely N-dealkylation sites (tertiary alicyclic amines) is 3. The average molecular weight is 1800 g/mol. The van der Waals surface area contributed by atoms with Gasteiger partial charge < -0.3 is 19.2 Å². The molecule has 3 unspecified atom stereocenters. The fourth-order valence-corrected chi connectivity index (χ4v) is 17.3. The molecule has 708 valence electrons. The van der Waals surface area contributed by atoms with Gasteiger partial charge in [0.05, 0.1) is 25.2 Å². The number of benzene rings is 7. The van der Waals surface area contributed by atoms with Crippen molar-refractivity contribution in [2.45, 2.75) is 268 Å². The topological polar surface area (TPSA) is 216 Å². The Morgan fingerprint density at radius 1 is 0.474 bits per heavy atom. The zero-order chi connectivity index (χ0) is 96.6. The van der Waals surface area contributed by atoms with Gasteiger partial charge >= 0.3 is 25.3 Å². The Labute approximate surface area is 795 Å². The number of aryl methyl sites for hydroxylation is 3. The Balaban J connectivity index is 0.000000197. The molecule has 4 aliphatic heterocycles. The zero-order valence-corrected chi connectivity index (χ0v) is 82.8. The van der Waals surface area contributed by atoms with E-state index in [-0.39, 0.29) is 60.3 Å². The predicted octanol–water partition coefficient (Wildman–Crippen LogP) is 23.7. The molecule has 7 heterocycles. The number of ketones is 3. The highest BCUT2D eigenvalue weighted by molar-refractivity contribution is 6.61. The number of methoxy groups -OCH3 is 1. The number of carbonyl (C=O) groups is 5. The smallest absolute Gasteiger partial charge is 0.469 e. The minimum Gasteiger partial charge on any atom is -0.469 e. The summed E-state index contributed by atoms with van der Waals surface area (Å²) in [5, 5.41) is 9.69. The predicted molar refractivity (Wildman–Crippen MR) is 537 cm³/mol. The van der Waals surface area contributed by atoms with E-state index < -0.39 is 13.2 Å². The maximum atomic E-state index is 12.8. The monoisotopic (exact) mass is 1800 g/mol. The summed E-state index contributed by atoms with van der Waals surface area (Å²) in [6.07, 6.45) is 18.3. The van der Waals surface area contributed by atoms with Gasteiger partial charge in [0.2, 0.25) is 0 Å². The van der Waals surface area contributed by atoms with Gasteiger partial charge in [-0.3, -0.25) is 48.8 Å². The highest BCUT2D eigenvalue weighted by Gasteiger charge is 2.40. The number of nitrogens with zero attached hydrogens (tertiary/aromatic N) is 6. The Morgan fingerprint density at radius 3 is 1.41 bits per heavy atom. The minimum absolute atomic E-state index is 0.0636. The number of amides is 1. The van der Waals surface area contributed by atoms with E-state index in [1.54, 1.807) is 4.90 Å². The van der Waals surface area contributed by atoms with Crippen LogP contribution in [0.1, 0.15) is 306 Å². The molecule has 3 aromatic heterocycles. The van der Waals surface area contributed by atoms with Crippen molar-refractivity contribution in [1.82, 2.24) is 29.7 Å². The Kier molecular flexibility index (Phi) is 44.9. The standard InChI is InChI=1S/C23H28N2O3.C22H27NO2.C21H27N.C20H25NO.C16H25NO.C12H17BO2.CO2/c1-17(2)20-13-19(14-24-15-20)10-11-22(26)21-9-6-12-25(21)23(27)28-16-18-7-4-3-5-8-18;1-16(2)18-9-11-19(12-10-18)20-14-23(15-21(20)22(24)25-3)13-17-7-5-4-6-8-17;1-16(2)19-10-7-11-20(12-19)21-15-22(13-17(21)3)14-18-8-5-4-6-9-18;1-15(2)19-12-18(13-21-14-19)9-10-20(22)16(3)11-17-7-5-4-6-8-17;1-11(2)13(5)16(18)7-6-14-8-15(12(3)4)10-17-9-14;1-4-12-10-7-9(8(2)3)5-6-11(10)13(14)15-12;2-1-3/h3-5,7-8,13-15,17,21H,6,9-12,16H2,1-2H3;4-12,16,20-21H,13-15H2,1-3H3;4-12,16-17,21H,13-15H2,1-3H3;4-8,12-16H,9-11H2,1-3H3;8-13H,6-7H2,1-5H3;5-8,12,14H,4H2,1-3H3;/t21-;20?,21-;17-,21?;16-;13-;;/m00000../s1. The van der Waals surface area contributed by atoms with E-state index in [2.05, 4.69) is 281 Å². The largest absolute Gasteiger partial charge is 0.491 e. The van der Waals surface area contributed by atoms with Crippen molar-refractivity contribution in [3.63, 3.8) is 0 Å². The number of hydrogen-bond acceptors (Lipinski definition) is 16. The Bertz CT molecular complexity index is 5200. The van der Waals surface area contributed by atoms with E-state index in [0.717, 1.165) is 91.9 Å². The van der Waals surface area contributed by atoms with Crippen molar-refractivity contribution >= 4 is 48.1 Å². The van der Waals surface area contributed by atoms with Gasteiger partial charge in [-0.15, -0.1) is 0 Å². The first-order valence-corrected chi connectivity index (χ1v) is 48.5. The molecule has 0 bridgehead atoms. The number of hydrogen-bond donors (Lipinski definition) is 1. The van der Waals surface area contributed by atoms with Gasteiger partial charge in [0.25, 0.3) is 0 Å². The molecule has 133 heavy (non-hydrogen) atoms. The normalized spacial score (nSPS) is 17.2. The summed E-state index contributed by atoms with van der Waals surface area (Å²) < 4.78 is 16.0. The van der Waals surface area contributed by atoms with Crippen LogP contribution in [-0.2, 0) is 88.3 Å². The van der Waals surface area contributed by atoms with Gasteiger partial charge in [-0.1, -0.05) is 331 Å². The number of ether oxygens (including phenoxy) is 2. The van der Waals surface area contributed by atoms with Crippen LogP contribution in [0.5, 0.6) is 0 Å². The third-order valence-electron chi connectivity index (χ3n) is 26.1. The number of carbonyl (C=O) groups excluding carboxylic acids is 7. The van der Waals surface area contributed by atoms with Crippen molar-refractivity contribution < 1.29 is 52.7 Å². The lowest BCUT2D eigenvalue weighted by molar-refractivity contribution is -0.191. The average Bonchev–Trinajstić information content (AvgIpc) is 1.67. The van der Waals surface area contributed by atoms with Crippen molar-refractivity contribution in [3.8, 4) is 0 Å². The number of Topliss-reactive ketones (excluding diaryl/α,β-unsaturated/α-hetero) is 3. The second-order valence-electron chi connectivity index (χ2n) is 38.6. The maximum Gasteiger partial charge on any atom is 0.491 e. The van der Waals surface area contributed by atoms with E-state index in [1.165, 1.54) is 87.0 Å². The second-order valence-corrected chi connectivity index (χ2v) is 38.6. The van der Waals surface area contributed by atoms with Gasteiger partial charge in [0.15, 0.2) is 5.78 Å². The molecular formula is C115H149BN6O11. The fraction of sp³-hybridized carbons (Fsp3) is 0.452. The lowest BCUT2D eigenvalue weighted by Gasteiger charge is -2.23. The Morgan fingerprint density at radius 2 is 0.925 bits per heavy atom. The molecule has 0 spiro atoms. The number of aromatic nitrogens is 3. The third kappa shape index (κ3) is 34.8. The van der Waals surface area contributed by atoms with E-state index in [9.17, 15) is 29.0 Å². The van der Waals surface area contributed by atoms with Gasteiger partial charge in [-0.05, 0) is 187 Å². The highest BCUT2D eigenvalue weighted by atomic mass is 16.6. The van der Waals surface area contributed by atoms with E-state index >= 15 is 0 Å². The summed E-state index contributed by atoms with van der Waals surface area (Å²) in [4.78, 5) is 97.4. The van der Waals surface area contributed by atoms with Crippen LogP contribution in [0, 0.1) is 29.6 Å². The van der Waals surface area contributed by atoms with E-state index in [0.29, 0.717) is 97.6 Å². The molecule has 0 aliphatic carbocycles. The molecule has 0 radical (unpaired) electrons. The Hall–Kier alpha value is -11.0. The SMILES string of the molecule is CC(C)c1cccc(C2CN(Cc3ccccc3)C[C@@H]2C)c1.CC(C)c1cncc(CCC(=O)[C@@H](C)C(C)C)c1.CC(C)c1cncc(CCC(=O)[C@@H](C)Cc2ccccc2)c1.CC(C)c1cncc(CCC(=O)[C@@H]2CCCN2C(=O)OCc2ccccc2)c1.CCC1OB(O)c2ccc(C(C)C)cc21.COC(=O)[C@H]1CN(Cc2ccccc2)CC1c1ccc(C(C)C)cc1.O=C=O. The number of pyridine rings is 3. The van der Waals surface area contributed by atoms with Gasteiger partial charge in [-0.25, -0.2) is 4.79 Å². The van der Waals surface area contributed by atoms with Crippen LogP contribution in [0.15, 0.2) is 243 Å². The van der Waals surface area contributed by atoms with Gasteiger partial charge in [0.1, 0.15) is 18.2 Å². The minimum atomic E-state index is -0.730. The van der Waals surface area contributed by atoms with E-state index in [1.807, 2.05) is 112 Å². The lowest BCUT2D eigenvalue weighted by Crippen LogP contribution is -2.40. The maximum absolute atomic E-state index is 12.8. The molecule has 4 aliphatic rings. The van der Waals surface area contributed by atoms with Crippen LogP contribution in [-0.4, -0.2) is 123 Å². The van der Waals surface area contributed by atoms with Crippen molar-refractivity contribution in [2.75, 3.05) is 39.8 Å². The van der Waals surface area contributed by atoms with Crippen molar-refractivity contribution in [1.29, 1.82) is 0 Å². The molecular weight excluding hydrogens is 1650 g/mol. The molecule has 10 aromatic rings. The second kappa shape index (κ2) is 55.6. The summed E-state index contributed by atoms with van der Waals surface area (Å²) in [7, 11) is 0.757. The molecule has 1 N–H and O–H groups in total. The third-order valence-corrected chi connectivity index (χ3v) is 26.1. The summed E-state index contributed by atoms with van der Waals surface area (Å²) in [6.45, 7) is 45.7. The van der Waals surface area contributed by atoms with Crippen LogP contribution in [0.25, 0.3) is 0 Å². The summed E-state index contributed by atoms with van der Waals surface area (Å²) in [6, 6.07) is 71.4. The van der Waals surface area contributed by atoms with Crippen LogP contribution in [0.2, 0.25) is 0 Å². The first kappa shape index (κ1) is 107. The van der Waals surface area contributed by atoms with E-state index in [4.69, 9.17) is 23.7 Å². The molecule has 3 fully saturated rings. The summed E-state index contributed by atoms with van der Waals surface area (Å²) in [5.41, 5.74) is 20.9. The molecule has 1 amide bonds. The molecule has 18 heteroatoms. The summed E-state index contributed by atoms with van der Waals surface area (Å²) >= 11 is 0. The van der Waals surface area contributed by atoms with Crippen molar-refractivity contribution in [2.24, 2.45) is 29.6 Å². The fourth-order valence-electron chi connectivity index (χ4n) is 17.3. The first-order chi connectivity index (χ1) is 63.8. The quantitative estimate of drug-likeness (QED) is 0.0316. The van der Waals surface area contributed by atoms with Crippen LogP contribution in [0.4, 0.5) is 4.79 Å². The van der Waals surface area contributed by atoms with Gasteiger partial charge in [-0.2, -0.15) is 9.59 Å². The lowest BCUT2D eigenvalue weighted by atomic mass is 9.78. The number of rotatable bonds is 31. The van der Waals surface area contributed by atoms with Gasteiger partial charge in [0, 0.05) is 126 Å². The highest BCUT2D eigenvalue weighted by Crippen LogP contribution is 2.38. The van der Waals surface area contributed by atoms with Crippen LogP contribution < -0.4 is 5.46 Å². The number of fused-ring (bicyclic) bond motifs is 1. The summed E-state index contributed by atoms with van der Waals surface area (Å²) in [5.74, 6) is 5.86.